The maximum Gasteiger partial charge on any atom is 4.00 e. The molecule has 0 saturated carbocycles. The van der Waals surface area contributed by atoms with Crippen molar-refractivity contribution < 1.29 is 26.2 Å². The fourth-order valence-electron chi connectivity index (χ4n) is 5.08. The van der Waals surface area contributed by atoms with Crippen molar-refractivity contribution in [2.24, 2.45) is 0 Å². The van der Waals surface area contributed by atoms with E-state index in [0.717, 1.165) is 59.1 Å². The Morgan fingerprint density at radius 2 is 0.633 bits per heavy atom. The summed E-state index contributed by atoms with van der Waals surface area (Å²) >= 11 is 0. The normalized spacial score (nSPS) is 9.63. The van der Waals surface area contributed by atoms with Crippen LogP contribution in [-0.4, -0.2) is 0 Å². The summed E-state index contributed by atoms with van der Waals surface area (Å²) in [5, 5.41) is 0. The van der Waals surface area contributed by atoms with Crippen LogP contribution in [0.25, 0.3) is 11.1 Å². The third kappa shape index (κ3) is 12.8. The van der Waals surface area contributed by atoms with Gasteiger partial charge < -0.3 is 0 Å². The predicted molar refractivity (Wildman–Crippen MR) is 207 cm³/mol. The molecule has 0 heterocycles. The average Bonchev–Trinajstić information content (AvgIpc) is 3.95. The van der Waals surface area contributed by atoms with Gasteiger partial charge in [-0.15, -0.1) is 23.3 Å². The van der Waals surface area contributed by atoms with E-state index in [-0.39, 0.29) is 26.2 Å². The Kier molecular flexibility index (Phi) is 17.6. The number of benzene rings is 4. The van der Waals surface area contributed by atoms with Gasteiger partial charge in [0.1, 0.15) is 0 Å². The number of allylic oxidation sites excluding steroid dienone is 2. The summed E-state index contributed by atoms with van der Waals surface area (Å²) in [5.41, 5.74) is 11.8. The van der Waals surface area contributed by atoms with Crippen molar-refractivity contribution in [3.8, 4) is 11.8 Å². The summed E-state index contributed by atoms with van der Waals surface area (Å²) in [6.07, 6.45) is 10.9. The summed E-state index contributed by atoms with van der Waals surface area (Å²) in [7, 11) is 0. The summed E-state index contributed by atoms with van der Waals surface area (Å²) in [6, 6.07) is 54.9. The number of aryl methyl sites for hydroxylation is 4. The van der Waals surface area contributed by atoms with Crippen LogP contribution in [0.15, 0.2) is 158 Å². The largest absolute Gasteiger partial charge is 4.00 e. The summed E-state index contributed by atoms with van der Waals surface area (Å²) in [5.74, 6) is 6.37. The molecule has 6 aromatic carbocycles. The number of rotatable bonds is 8. The van der Waals surface area contributed by atoms with E-state index in [0.29, 0.717) is 0 Å². The molecule has 0 atom stereocenters. The van der Waals surface area contributed by atoms with Gasteiger partial charge in [0.25, 0.3) is 0 Å². The summed E-state index contributed by atoms with van der Waals surface area (Å²) in [4.78, 5) is 0. The first-order valence-electron chi connectivity index (χ1n) is 17.1. The van der Waals surface area contributed by atoms with Crippen LogP contribution in [0.2, 0.25) is 0 Å². The molecule has 0 spiro atoms. The fourth-order valence-corrected chi connectivity index (χ4v) is 5.08. The second-order valence-corrected chi connectivity index (χ2v) is 11.4. The minimum Gasteiger partial charge on any atom is -0.296 e. The topological polar surface area (TPSA) is 0 Å². The number of hydrogen-bond donors (Lipinski definition) is 0. The Hall–Kier alpha value is -4.50. The zero-order chi connectivity index (χ0) is 33.8. The minimum atomic E-state index is 0. The predicted octanol–water partition coefficient (Wildman–Crippen LogP) is 11.9. The van der Waals surface area contributed by atoms with Gasteiger partial charge in [0.2, 0.25) is 0 Å². The van der Waals surface area contributed by atoms with Gasteiger partial charge in [-0.05, 0) is 47.9 Å². The molecule has 0 nitrogen and oxygen atoms in total. The number of hydrogen-bond acceptors (Lipinski definition) is 0. The zero-order valence-electron chi connectivity index (χ0n) is 29.3. The van der Waals surface area contributed by atoms with E-state index >= 15 is 0 Å². The smallest absolute Gasteiger partial charge is 0.296 e. The van der Waals surface area contributed by atoms with Gasteiger partial charge >= 0.3 is 26.2 Å². The average molecular weight is 714 g/mol. The van der Waals surface area contributed by atoms with E-state index in [1.165, 1.54) is 22.3 Å². The van der Waals surface area contributed by atoms with Gasteiger partial charge in [-0.1, -0.05) is 147 Å². The van der Waals surface area contributed by atoms with Crippen molar-refractivity contribution in [2.75, 3.05) is 0 Å². The molecule has 242 valence electrons. The molecule has 0 N–H and O–H groups in total. The Labute approximate surface area is 315 Å². The molecule has 6 rings (SSSR count). The molecule has 49 heavy (non-hydrogen) atoms. The van der Waals surface area contributed by atoms with E-state index in [9.17, 15) is 0 Å². The van der Waals surface area contributed by atoms with E-state index < -0.39 is 0 Å². The molecule has 0 saturated heterocycles. The Bertz CT molecular complexity index is 1560. The van der Waals surface area contributed by atoms with Crippen molar-refractivity contribution in [3.63, 3.8) is 0 Å². The Balaban J connectivity index is 0.000000504. The molecular formula is C48H46Zr. The van der Waals surface area contributed by atoms with Crippen LogP contribution in [0.4, 0.5) is 0 Å². The second kappa shape index (κ2) is 22.2. The van der Waals surface area contributed by atoms with Crippen LogP contribution in [0.3, 0.4) is 0 Å². The van der Waals surface area contributed by atoms with E-state index in [2.05, 4.69) is 149 Å². The monoisotopic (exact) mass is 712 g/mol. The zero-order valence-corrected chi connectivity index (χ0v) is 31.8. The molecule has 1 heteroatoms. The third-order valence-corrected chi connectivity index (χ3v) is 8.15. The van der Waals surface area contributed by atoms with Gasteiger partial charge in [-0.25, -0.2) is 24.3 Å². The van der Waals surface area contributed by atoms with Crippen molar-refractivity contribution in [2.45, 2.75) is 53.4 Å². The summed E-state index contributed by atoms with van der Waals surface area (Å²) < 4.78 is 0. The molecule has 0 bridgehead atoms. The van der Waals surface area contributed by atoms with Crippen LogP contribution in [0.1, 0.15) is 72.2 Å². The minimum absolute atomic E-state index is 0. The first-order valence-corrected chi connectivity index (χ1v) is 17.1. The molecule has 0 fully saturated rings. The van der Waals surface area contributed by atoms with Gasteiger partial charge in [-0.2, -0.15) is 36.4 Å². The van der Waals surface area contributed by atoms with Gasteiger partial charge in [0.15, 0.2) is 0 Å². The molecular weight excluding hydrogens is 668 g/mol. The van der Waals surface area contributed by atoms with Gasteiger partial charge in [0, 0.05) is 0 Å². The maximum absolute atomic E-state index is 3.40. The fraction of sp³-hybridized carbons (Fsp3) is 0.167. The first-order chi connectivity index (χ1) is 23.6. The first kappa shape index (κ1) is 38.9. The molecule has 0 aliphatic rings. The quantitative estimate of drug-likeness (QED) is 0.109. The molecule has 0 radical (unpaired) electrons. The molecule has 6 aromatic rings. The Morgan fingerprint density at radius 1 is 0.408 bits per heavy atom. The third-order valence-electron chi connectivity index (χ3n) is 8.15. The van der Waals surface area contributed by atoms with E-state index in [1.807, 2.05) is 60.7 Å². The van der Waals surface area contributed by atoms with Gasteiger partial charge in [-0.3, -0.25) is 11.8 Å². The van der Waals surface area contributed by atoms with Crippen LogP contribution in [0.5, 0.6) is 0 Å². The van der Waals surface area contributed by atoms with Crippen molar-refractivity contribution in [3.05, 3.63) is 214 Å². The second-order valence-electron chi connectivity index (χ2n) is 11.4. The van der Waals surface area contributed by atoms with Crippen LogP contribution in [-0.2, 0) is 51.9 Å². The molecule has 0 unspecified atom stereocenters. The van der Waals surface area contributed by atoms with E-state index in [4.69, 9.17) is 0 Å². The summed E-state index contributed by atoms with van der Waals surface area (Å²) in [6.45, 7) is 8.71. The van der Waals surface area contributed by atoms with Crippen LogP contribution in [0, 0.1) is 24.0 Å². The molecule has 0 aliphatic carbocycles. The SMILES string of the molecule is CCc1ccc(C(=[C-]C#C[C-]=C(c2ccc(CC)cc2)c2ccc(CC)cc2)c2ccc(CC)cc2)cc1.[Zr+4].c1cc[cH-]c1.c1cc[cH-]c1. The van der Waals surface area contributed by atoms with Crippen molar-refractivity contribution in [1.82, 2.24) is 0 Å². The van der Waals surface area contributed by atoms with E-state index in [1.54, 1.807) is 0 Å². The van der Waals surface area contributed by atoms with Crippen LogP contribution < -0.4 is 0 Å². The Morgan fingerprint density at radius 3 is 0.796 bits per heavy atom. The molecule has 0 aromatic heterocycles. The van der Waals surface area contributed by atoms with Crippen LogP contribution >= 0.6 is 0 Å². The maximum atomic E-state index is 3.40. The molecule has 0 amide bonds. The molecule has 0 aliphatic heterocycles. The standard InChI is InChI=1S/C38H36.2C5H5.Zr/c1-5-29-13-21-33(22-14-29)37(34-23-15-30(6-2)16-24-34)11-9-10-12-38(35-25-17-31(7-3)18-26-35)36-27-19-32(8-4)20-28-36;2*1-2-4-5-3-1;/h13-28H,5-8H2,1-4H3;2*1-5H;/q-2;2*-1;+4. The van der Waals surface area contributed by atoms with Gasteiger partial charge in [0.05, 0.1) is 0 Å². The van der Waals surface area contributed by atoms with Crippen molar-refractivity contribution in [1.29, 1.82) is 0 Å². The van der Waals surface area contributed by atoms with Crippen molar-refractivity contribution >= 4 is 11.1 Å².